The fourth-order valence-corrected chi connectivity index (χ4v) is 2.87. The Morgan fingerprint density at radius 3 is 2.72 bits per heavy atom. The summed E-state index contributed by atoms with van der Waals surface area (Å²) in [6.45, 7) is 2.06. The number of hydrogen-bond acceptors (Lipinski definition) is 4. The quantitative estimate of drug-likeness (QED) is 0.765. The van der Waals surface area contributed by atoms with Gasteiger partial charge in [-0.25, -0.2) is 9.97 Å². The number of anilines is 1. The van der Waals surface area contributed by atoms with E-state index >= 15 is 0 Å². The summed E-state index contributed by atoms with van der Waals surface area (Å²) in [7, 11) is 0. The summed E-state index contributed by atoms with van der Waals surface area (Å²) in [5, 5.41) is 0.967. The van der Waals surface area contributed by atoms with Crippen molar-refractivity contribution in [1.29, 1.82) is 0 Å². The van der Waals surface area contributed by atoms with Crippen LogP contribution in [0.3, 0.4) is 0 Å². The fraction of sp³-hybridized carbons (Fsp3) is 0.143. The Hall–Kier alpha value is -1.94. The summed E-state index contributed by atoms with van der Waals surface area (Å²) in [4.78, 5) is 11.2. The minimum Gasteiger partial charge on any atom is -0.383 e. The summed E-state index contributed by atoms with van der Waals surface area (Å²) < 4.78 is 0. The maximum Gasteiger partial charge on any atom is 0.136 e. The van der Waals surface area contributed by atoms with Crippen molar-refractivity contribution in [3.8, 4) is 0 Å². The van der Waals surface area contributed by atoms with Crippen LogP contribution in [0, 0.1) is 6.92 Å². The monoisotopic (exact) mass is 255 g/mol. The average molecular weight is 255 g/mol. The molecule has 2 heterocycles. The highest BCUT2D eigenvalue weighted by atomic mass is 32.1. The molecule has 0 amide bonds. The second-order valence-corrected chi connectivity index (χ2v) is 5.50. The number of nitrogen functional groups attached to an aromatic ring is 1. The lowest BCUT2D eigenvalue weighted by Crippen LogP contribution is -2.00. The van der Waals surface area contributed by atoms with Crippen LogP contribution in [0.25, 0.3) is 10.2 Å². The molecule has 90 valence electrons. The van der Waals surface area contributed by atoms with Crippen LogP contribution >= 0.6 is 11.3 Å². The molecule has 0 aliphatic heterocycles. The molecule has 0 aliphatic carbocycles. The normalized spacial score (nSPS) is 10.9. The molecule has 0 fully saturated rings. The van der Waals surface area contributed by atoms with Crippen molar-refractivity contribution in [3.63, 3.8) is 0 Å². The molecule has 0 radical (unpaired) electrons. The van der Waals surface area contributed by atoms with Crippen molar-refractivity contribution in [2.45, 2.75) is 13.3 Å². The summed E-state index contributed by atoms with van der Waals surface area (Å²) in [6.07, 6.45) is 0.720. The first-order valence-corrected chi connectivity index (χ1v) is 6.60. The first-order valence-electron chi connectivity index (χ1n) is 5.79. The molecule has 4 heteroatoms. The lowest BCUT2D eigenvalue weighted by Gasteiger charge is -2.02. The van der Waals surface area contributed by atoms with Crippen LogP contribution < -0.4 is 5.73 Å². The SMILES string of the molecule is Cc1cc2c(N)nc(Cc3ccccc3)nc2s1. The molecule has 0 saturated carbocycles. The van der Waals surface area contributed by atoms with Crippen LogP contribution in [0.5, 0.6) is 0 Å². The number of aromatic nitrogens is 2. The number of rotatable bonds is 2. The van der Waals surface area contributed by atoms with Crippen LogP contribution in [0.2, 0.25) is 0 Å². The molecular weight excluding hydrogens is 242 g/mol. The van der Waals surface area contributed by atoms with Gasteiger partial charge in [-0.3, -0.25) is 0 Å². The van der Waals surface area contributed by atoms with E-state index in [9.17, 15) is 0 Å². The topological polar surface area (TPSA) is 51.8 Å². The molecule has 0 aliphatic rings. The largest absolute Gasteiger partial charge is 0.383 e. The number of thiophene rings is 1. The van der Waals surface area contributed by atoms with Gasteiger partial charge in [0.25, 0.3) is 0 Å². The number of nitrogens with zero attached hydrogens (tertiary/aromatic N) is 2. The lowest BCUT2D eigenvalue weighted by molar-refractivity contribution is 1.00. The van der Waals surface area contributed by atoms with Gasteiger partial charge in [-0.1, -0.05) is 30.3 Å². The Labute approximate surface area is 109 Å². The standard InChI is InChI=1S/C14H13N3S/c1-9-7-11-13(15)16-12(17-14(11)18-9)8-10-5-3-2-4-6-10/h2-7H,8H2,1H3,(H2,15,16,17). The number of fused-ring (bicyclic) bond motifs is 1. The Morgan fingerprint density at radius 2 is 1.94 bits per heavy atom. The van der Waals surface area contributed by atoms with E-state index in [4.69, 9.17) is 5.73 Å². The van der Waals surface area contributed by atoms with Crippen LogP contribution in [0.15, 0.2) is 36.4 Å². The lowest BCUT2D eigenvalue weighted by atomic mass is 10.1. The first kappa shape index (κ1) is 11.2. The number of aryl methyl sites for hydroxylation is 1. The van der Waals surface area contributed by atoms with E-state index in [-0.39, 0.29) is 0 Å². The van der Waals surface area contributed by atoms with E-state index in [2.05, 4.69) is 29.0 Å². The van der Waals surface area contributed by atoms with E-state index in [1.165, 1.54) is 10.4 Å². The Bertz CT molecular complexity index is 689. The van der Waals surface area contributed by atoms with Gasteiger partial charge in [-0.15, -0.1) is 11.3 Å². The van der Waals surface area contributed by atoms with Crippen LogP contribution in [-0.2, 0) is 6.42 Å². The van der Waals surface area contributed by atoms with E-state index in [0.29, 0.717) is 5.82 Å². The molecule has 3 rings (SSSR count). The minimum atomic E-state index is 0.579. The van der Waals surface area contributed by atoms with Gasteiger partial charge < -0.3 is 5.73 Å². The zero-order valence-corrected chi connectivity index (χ0v) is 10.9. The fourth-order valence-electron chi connectivity index (χ4n) is 1.97. The Balaban J connectivity index is 2.02. The predicted octanol–water partition coefficient (Wildman–Crippen LogP) is 3.17. The van der Waals surface area contributed by atoms with Crippen molar-refractivity contribution in [1.82, 2.24) is 9.97 Å². The third-order valence-electron chi connectivity index (χ3n) is 2.80. The highest BCUT2D eigenvalue weighted by molar-refractivity contribution is 7.18. The van der Waals surface area contributed by atoms with Crippen molar-refractivity contribution >= 4 is 27.4 Å². The van der Waals surface area contributed by atoms with Gasteiger partial charge in [0.05, 0.1) is 5.39 Å². The summed E-state index contributed by atoms with van der Waals surface area (Å²) in [5.74, 6) is 1.36. The predicted molar refractivity (Wildman–Crippen MR) is 75.8 cm³/mol. The number of nitrogens with two attached hydrogens (primary N) is 1. The maximum absolute atomic E-state index is 5.98. The van der Waals surface area contributed by atoms with Crippen LogP contribution in [-0.4, -0.2) is 9.97 Å². The van der Waals surface area contributed by atoms with Crippen LogP contribution in [0.1, 0.15) is 16.3 Å². The highest BCUT2D eigenvalue weighted by Crippen LogP contribution is 2.27. The second-order valence-electron chi connectivity index (χ2n) is 4.26. The van der Waals surface area contributed by atoms with Gasteiger partial charge in [-0.2, -0.15) is 0 Å². The van der Waals surface area contributed by atoms with E-state index in [1.54, 1.807) is 11.3 Å². The average Bonchev–Trinajstić information content (AvgIpc) is 2.72. The zero-order chi connectivity index (χ0) is 12.5. The third-order valence-corrected chi connectivity index (χ3v) is 3.74. The molecule has 0 atom stereocenters. The molecule has 0 unspecified atom stereocenters. The van der Waals surface area contributed by atoms with Crippen molar-refractivity contribution in [3.05, 3.63) is 52.7 Å². The van der Waals surface area contributed by atoms with Gasteiger partial charge >= 0.3 is 0 Å². The summed E-state index contributed by atoms with van der Waals surface area (Å²) in [6, 6.07) is 12.2. The molecule has 3 nitrogen and oxygen atoms in total. The Kier molecular flexibility index (Phi) is 2.72. The summed E-state index contributed by atoms with van der Waals surface area (Å²) in [5.41, 5.74) is 7.18. The zero-order valence-electron chi connectivity index (χ0n) is 10.1. The molecule has 2 aromatic heterocycles. The van der Waals surface area contributed by atoms with Crippen LogP contribution in [0.4, 0.5) is 5.82 Å². The van der Waals surface area contributed by atoms with Gasteiger partial charge in [0.15, 0.2) is 0 Å². The first-order chi connectivity index (χ1) is 8.72. The molecule has 18 heavy (non-hydrogen) atoms. The van der Waals surface area contributed by atoms with E-state index in [0.717, 1.165) is 22.5 Å². The van der Waals surface area contributed by atoms with Crippen molar-refractivity contribution in [2.24, 2.45) is 0 Å². The Morgan fingerprint density at radius 1 is 1.17 bits per heavy atom. The van der Waals surface area contributed by atoms with Gasteiger partial charge in [-0.05, 0) is 18.6 Å². The molecule has 2 N–H and O–H groups in total. The van der Waals surface area contributed by atoms with Crippen molar-refractivity contribution < 1.29 is 0 Å². The maximum atomic E-state index is 5.98. The smallest absolute Gasteiger partial charge is 0.136 e. The minimum absolute atomic E-state index is 0.579. The third kappa shape index (κ3) is 2.07. The molecule has 1 aromatic carbocycles. The van der Waals surface area contributed by atoms with Gasteiger partial charge in [0.2, 0.25) is 0 Å². The molecule has 3 aromatic rings. The molecular formula is C14H13N3S. The van der Waals surface area contributed by atoms with Gasteiger partial charge in [0, 0.05) is 11.3 Å². The number of hydrogen-bond donors (Lipinski definition) is 1. The molecule has 0 saturated heterocycles. The second kappa shape index (κ2) is 4.38. The van der Waals surface area contributed by atoms with Crippen molar-refractivity contribution in [2.75, 3.05) is 5.73 Å². The highest BCUT2D eigenvalue weighted by Gasteiger charge is 2.08. The van der Waals surface area contributed by atoms with E-state index in [1.807, 2.05) is 24.3 Å². The van der Waals surface area contributed by atoms with Gasteiger partial charge in [0.1, 0.15) is 16.5 Å². The molecule has 0 spiro atoms. The van der Waals surface area contributed by atoms with E-state index < -0.39 is 0 Å². The number of benzene rings is 1. The summed E-state index contributed by atoms with van der Waals surface area (Å²) >= 11 is 1.66. The molecule has 0 bridgehead atoms.